The minimum Gasteiger partial charge on any atom is -0.336 e. The Morgan fingerprint density at radius 3 is 2.50 bits per heavy atom. The molecule has 1 heterocycles. The van der Waals surface area contributed by atoms with E-state index >= 15 is 0 Å². The van der Waals surface area contributed by atoms with E-state index in [4.69, 9.17) is 0 Å². The average Bonchev–Trinajstić information content (AvgIpc) is 2.28. The van der Waals surface area contributed by atoms with Crippen molar-refractivity contribution < 1.29 is 9.18 Å². The molecule has 0 aliphatic carbocycles. The Morgan fingerprint density at radius 1 is 1.44 bits per heavy atom. The third kappa shape index (κ3) is 2.53. The predicted molar refractivity (Wildman–Crippen MR) is 68.6 cm³/mol. The first-order valence-electron chi connectivity index (χ1n) is 6.40. The third-order valence-corrected chi connectivity index (χ3v) is 3.57. The number of carbonyl (C=O) groups is 1. The van der Waals surface area contributed by atoms with Gasteiger partial charge < -0.3 is 10.2 Å². The number of carbonyl (C=O) groups excluding carboxylic acids is 1. The molecular weight excluding hydrogens is 231 g/mol. The number of nitrogens with zero attached hydrogens (tertiary/aromatic N) is 1. The molecule has 1 N–H and O–H groups in total. The molecule has 98 valence electrons. The van der Waals surface area contributed by atoms with Crippen molar-refractivity contribution in [3.05, 3.63) is 35.6 Å². The lowest BCUT2D eigenvalue weighted by molar-refractivity contribution is -0.139. The van der Waals surface area contributed by atoms with Crippen molar-refractivity contribution in [2.45, 2.75) is 19.9 Å². The maximum absolute atomic E-state index is 12.9. The minimum absolute atomic E-state index is 0.0105. The lowest BCUT2D eigenvalue weighted by atomic mass is 9.99. The van der Waals surface area contributed by atoms with Crippen LogP contribution < -0.4 is 5.32 Å². The summed E-state index contributed by atoms with van der Waals surface area (Å²) in [6.45, 7) is 6.18. The Bertz CT molecular complexity index is 414. The first-order valence-corrected chi connectivity index (χ1v) is 6.40. The molecule has 2 rings (SSSR count). The third-order valence-electron chi connectivity index (χ3n) is 3.57. The molecule has 0 radical (unpaired) electrons. The summed E-state index contributed by atoms with van der Waals surface area (Å²) in [5, 5.41) is 3.11. The standard InChI is InChI=1S/C14H19FN2O/c1-3-17(14(18)12-8-16-9-12)10(2)11-4-6-13(15)7-5-11/h4-7,10,12,16H,3,8-9H2,1-2H3. The smallest absolute Gasteiger partial charge is 0.228 e. The average molecular weight is 250 g/mol. The molecule has 4 heteroatoms. The number of benzene rings is 1. The van der Waals surface area contributed by atoms with Crippen LogP contribution in [0.5, 0.6) is 0 Å². The van der Waals surface area contributed by atoms with E-state index in [0.29, 0.717) is 6.54 Å². The van der Waals surface area contributed by atoms with Crippen LogP contribution in [0, 0.1) is 11.7 Å². The van der Waals surface area contributed by atoms with Crippen LogP contribution in [0.4, 0.5) is 4.39 Å². The fourth-order valence-electron chi connectivity index (χ4n) is 2.24. The van der Waals surface area contributed by atoms with E-state index < -0.39 is 0 Å². The second kappa shape index (κ2) is 5.48. The summed E-state index contributed by atoms with van der Waals surface area (Å²) in [4.78, 5) is 14.1. The molecule has 1 fully saturated rings. The lowest BCUT2D eigenvalue weighted by Crippen LogP contribution is -2.52. The SMILES string of the molecule is CCN(C(=O)C1CNC1)C(C)c1ccc(F)cc1. The summed E-state index contributed by atoms with van der Waals surface area (Å²) in [6, 6.07) is 6.36. The number of hydrogen-bond acceptors (Lipinski definition) is 2. The second-order valence-electron chi connectivity index (χ2n) is 4.71. The van der Waals surface area contributed by atoms with Crippen molar-refractivity contribution in [2.75, 3.05) is 19.6 Å². The number of hydrogen-bond donors (Lipinski definition) is 1. The van der Waals surface area contributed by atoms with Gasteiger partial charge in [0.1, 0.15) is 5.82 Å². The molecule has 0 bridgehead atoms. The first kappa shape index (κ1) is 13.0. The molecule has 18 heavy (non-hydrogen) atoms. The molecule has 1 aromatic carbocycles. The maximum atomic E-state index is 12.9. The van der Waals surface area contributed by atoms with Crippen LogP contribution in [0.2, 0.25) is 0 Å². The van der Waals surface area contributed by atoms with Gasteiger partial charge in [0, 0.05) is 19.6 Å². The predicted octanol–water partition coefficient (Wildman–Crippen LogP) is 1.95. The van der Waals surface area contributed by atoms with Crippen LogP contribution in [0.25, 0.3) is 0 Å². The molecule has 0 aromatic heterocycles. The van der Waals surface area contributed by atoms with Gasteiger partial charge >= 0.3 is 0 Å². The molecule has 0 saturated carbocycles. The molecule has 1 aliphatic rings. The van der Waals surface area contributed by atoms with E-state index in [0.717, 1.165) is 18.7 Å². The zero-order valence-corrected chi connectivity index (χ0v) is 10.8. The zero-order valence-electron chi connectivity index (χ0n) is 10.8. The highest BCUT2D eigenvalue weighted by Gasteiger charge is 2.31. The van der Waals surface area contributed by atoms with Crippen molar-refractivity contribution in [3.8, 4) is 0 Å². The van der Waals surface area contributed by atoms with Gasteiger partial charge in [-0.3, -0.25) is 4.79 Å². The molecule has 0 spiro atoms. The van der Waals surface area contributed by atoms with Crippen LogP contribution >= 0.6 is 0 Å². The Balaban J connectivity index is 2.11. The summed E-state index contributed by atoms with van der Waals surface area (Å²) in [7, 11) is 0. The van der Waals surface area contributed by atoms with Gasteiger partial charge in [0.2, 0.25) is 5.91 Å². The van der Waals surface area contributed by atoms with Gasteiger partial charge in [-0.1, -0.05) is 12.1 Å². The van der Waals surface area contributed by atoms with Crippen molar-refractivity contribution in [1.82, 2.24) is 10.2 Å². The Kier molecular flexibility index (Phi) is 3.97. The number of nitrogens with one attached hydrogen (secondary N) is 1. The monoisotopic (exact) mass is 250 g/mol. The summed E-state index contributed by atoms with van der Waals surface area (Å²) in [5.41, 5.74) is 0.971. The second-order valence-corrected chi connectivity index (χ2v) is 4.71. The topological polar surface area (TPSA) is 32.3 Å². The molecular formula is C14H19FN2O. The Labute approximate surface area is 107 Å². The molecule has 1 amide bonds. The van der Waals surface area contributed by atoms with Crippen molar-refractivity contribution in [3.63, 3.8) is 0 Å². The summed E-state index contributed by atoms with van der Waals surface area (Å²) < 4.78 is 12.9. The van der Waals surface area contributed by atoms with Crippen molar-refractivity contribution in [1.29, 1.82) is 0 Å². The Morgan fingerprint density at radius 2 is 2.06 bits per heavy atom. The van der Waals surface area contributed by atoms with Crippen LogP contribution in [0.1, 0.15) is 25.5 Å². The molecule has 1 aliphatic heterocycles. The molecule has 1 atom stereocenters. The van der Waals surface area contributed by atoms with E-state index in [9.17, 15) is 9.18 Å². The van der Waals surface area contributed by atoms with Gasteiger partial charge in [0.25, 0.3) is 0 Å². The van der Waals surface area contributed by atoms with Gasteiger partial charge in [0.05, 0.1) is 12.0 Å². The molecule has 1 aromatic rings. The summed E-state index contributed by atoms with van der Waals surface area (Å²) >= 11 is 0. The van der Waals surface area contributed by atoms with Crippen molar-refractivity contribution >= 4 is 5.91 Å². The van der Waals surface area contributed by atoms with Gasteiger partial charge in [-0.05, 0) is 31.5 Å². The lowest BCUT2D eigenvalue weighted by Gasteiger charge is -2.35. The van der Waals surface area contributed by atoms with E-state index in [-0.39, 0.29) is 23.7 Å². The van der Waals surface area contributed by atoms with Gasteiger partial charge in [-0.2, -0.15) is 0 Å². The highest BCUT2D eigenvalue weighted by Crippen LogP contribution is 2.23. The number of halogens is 1. The van der Waals surface area contributed by atoms with Gasteiger partial charge in [0.15, 0.2) is 0 Å². The fourth-order valence-corrected chi connectivity index (χ4v) is 2.24. The normalized spacial score (nSPS) is 17.1. The molecule has 1 saturated heterocycles. The van der Waals surface area contributed by atoms with E-state index in [1.165, 1.54) is 12.1 Å². The van der Waals surface area contributed by atoms with Crippen LogP contribution in [0.15, 0.2) is 24.3 Å². The largest absolute Gasteiger partial charge is 0.336 e. The van der Waals surface area contributed by atoms with Crippen LogP contribution in [0.3, 0.4) is 0 Å². The number of rotatable bonds is 4. The Hall–Kier alpha value is -1.42. The van der Waals surface area contributed by atoms with Crippen LogP contribution in [-0.4, -0.2) is 30.4 Å². The fraction of sp³-hybridized carbons (Fsp3) is 0.500. The molecule has 3 nitrogen and oxygen atoms in total. The maximum Gasteiger partial charge on any atom is 0.228 e. The van der Waals surface area contributed by atoms with Gasteiger partial charge in [-0.25, -0.2) is 4.39 Å². The zero-order chi connectivity index (χ0) is 13.1. The van der Waals surface area contributed by atoms with E-state index in [2.05, 4.69) is 5.32 Å². The van der Waals surface area contributed by atoms with Crippen molar-refractivity contribution in [2.24, 2.45) is 5.92 Å². The van der Waals surface area contributed by atoms with Gasteiger partial charge in [-0.15, -0.1) is 0 Å². The molecule has 1 unspecified atom stereocenters. The summed E-state index contributed by atoms with van der Waals surface area (Å²) in [5.74, 6) is 0.0458. The first-order chi connectivity index (χ1) is 8.63. The number of amides is 1. The summed E-state index contributed by atoms with van der Waals surface area (Å²) in [6.07, 6.45) is 0. The quantitative estimate of drug-likeness (QED) is 0.886. The minimum atomic E-state index is -0.247. The van der Waals surface area contributed by atoms with E-state index in [1.54, 1.807) is 12.1 Å². The highest BCUT2D eigenvalue weighted by molar-refractivity contribution is 5.80. The van der Waals surface area contributed by atoms with E-state index in [1.807, 2.05) is 18.7 Å². The van der Waals surface area contributed by atoms with Crippen LogP contribution in [-0.2, 0) is 4.79 Å². The highest BCUT2D eigenvalue weighted by atomic mass is 19.1.